The highest BCUT2D eigenvalue weighted by molar-refractivity contribution is 7.92. The van der Waals surface area contributed by atoms with Gasteiger partial charge in [0.15, 0.2) is 5.78 Å². The van der Waals surface area contributed by atoms with Crippen LogP contribution in [0.5, 0.6) is 5.75 Å². The monoisotopic (exact) mass is 305 g/mol. The van der Waals surface area contributed by atoms with E-state index in [9.17, 15) is 13.2 Å². The van der Waals surface area contributed by atoms with Gasteiger partial charge in [0.25, 0.3) is 10.0 Å². The number of Topliss-reactive ketones (excluding diaryl/α,β-unsaturated/α-hetero) is 1. The fourth-order valence-electron chi connectivity index (χ4n) is 1.77. The standard InChI is InChI=1S/C15H15NO4S/c1-11(17)12-4-3-5-13(10-12)16-21(18,19)15-8-6-14(20-2)7-9-15/h3-10,16H,1-2H3. The molecule has 0 amide bonds. The number of anilines is 1. The van der Waals surface area contributed by atoms with Gasteiger partial charge in [-0.3, -0.25) is 9.52 Å². The van der Waals surface area contributed by atoms with Gasteiger partial charge in [-0.15, -0.1) is 0 Å². The van der Waals surface area contributed by atoms with E-state index in [-0.39, 0.29) is 10.7 Å². The fourth-order valence-corrected chi connectivity index (χ4v) is 2.82. The van der Waals surface area contributed by atoms with E-state index in [0.29, 0.717) is 17.0 Å². The summed E-state index contributed by atoms with van der Waals surface area (Å²) in [4.78, 5) is 11.4. The third kappa shape index (κ3) is 3.61. The van der Waals surface area contributed by atoms with E-state index in [1.54, 1.807) is 30.3 Å². The predicted molar refractivity (Wildman–Crippen MR) is 80.2 cm³/mol. The molecule has 0 bridgehead atoms. The molecule has 2 rings (SSSR count). The van der Waals surface area contributed by atoms with Crippen molar-refractivity contribution in [2.24, 2.45) is 0 Å². The second-order valence-electron chi connectivity index (χ2n) is 4.42. The number of carbonyl (C=O) groups is 1. The molecule has 0 saturated carbocycles. The van der Waals surface area contributed by atoms with Crippen molar-refractivity contribution in [3.8, 4) is 5.75 Å². The lowest BCUT2D eigenvalue weighted by molar-refractivity contribution is 0.101. The van der Waals surface area contributed by atoms with E-state index in [1.165, 1.54) is 32.2 Å². The molecule has 6 heteroatoms. The normalized spacial score (nSPS) is 11.0. The number of benzene rings is 2. The summed E-state index contributed by atoms with van der Waals surface area (Å²) >= 11 is 0. The van der Waals surface area contributed by atoms with Crippen LogP contribution < -0.4 is 9.46 Å². The van der Waals surface area contributed by atoms with Crippen LogP contribution in [-0.4, -0.2) is 21.3 Å². The van der Waals surface area contributed by atoms with Crippen LogP contribution in [0, 0.1) is 0 Å². The molecule has 0 spiro atoms. The lowest BCUT2D eigenvalue weighted by atomic mass is 10.1. The highest BCUT2D eigenvalue weighted by atomic mass is 32.2. The zero-order valence-electron chi connectivity index (χ0n) is 11.7. The average molecular weight is 305 g/mol. The Morgan fingerprint density at radius 1 is 1.10 bits per heavy atom. The molecule has 0 fully saturated rings. The van der Waals surface area contributed by atoms with Crippen molar-refractivity contribution in [1.29, 1.82) is 0 Å². The summed E-state index contributed by atoms with van der Waals surface area (Å²) in [6, 6.07) is 12.4. The lowest BCUT2D eigenvalue weighted by Crippen LogP contribution is -2.13. The molecule has 2 aromatic carbocycles. The second kappa shape index (κ2) is 5.97. The van der Waals surface area contributed by atoms with Crippen LogP contribution in [0.15, 0.2) is 53.4 Å². The Labute approximate surface area is 123 Å². The SMILES string of the molecule is COc1ccc(S(=O)(=O)Nc2cccc(C(C)=O)c2)cc1. The number of methoxy groups -OCH3 is 1. The number of nitrogens with one attached hydrogen (secondary N) is 1. The highest BCUT2D eigenvalue weighted by Gasteiger charge is 2.14. The summed E-state index contributed by atoms with van der Waals surface area (Å²) in [5.74, 6) is 0.452. The Balaban J connectivity index is 2.28. The van der Waals surface area contributed by atoms with Crippen molar-refractivity contribution < 1.29 is 17.9 Å². The van der Waals surface area contributed by atoms with E-state index < -0.39 is 10.0 Å². The topological polar surface area (TPSA) is 72.5 Å². The van der Waals surface area contributed by atoms with Gasteiger partial charge >= 0.3 is 0 Å². The van der Waals surface area contributed by atoms with Crippen LogP contribution in [0.4, 0.5) is 5.69 Å². The van der Waals surface area contributed by atoms with Crippen LogP contribution in [0.2, 0.25) is 0 Å². The summed E-state index contributed by atoms with van der Waals surface area (Å²) in [6.45, 7) is 1.43. The molecule has 0 aliphatic rings. The maximum Gasteiger partial charge on any atom is 0.261 e. The van der Waals surface area contributed by atoms with Gasteiger partial charge in [-0.05, 0) is 43.3 Å². The Bertz CT molecular complexity index is 751. The van der Waals surface area contributed by atoms with Gasteiger partial charge in [-0.2, -0.15) is 0 Å². The summed E-state index contributed by atoms with van der Waals surface area (Å²) < 4.78 is 31.9. The number of ketones is 1. The first-order valence-electron chi connectivity index (χ1n) is 6.20. The van der Waals surface area contributed by atoms with Crippen molar-refractivity contribution in [2.75, 3.05) is 11.8 Å². The molecule has 0 atom stereocenters. The molecule has 5 nitrogen and oxygen atoms in total. The van der Waals surface area contributed by atoms with Crippen molar-refractivity contribution in [3.63, 3.8) is 0 Å². The van der Waals surface area contributed by atoms with Crippen LogP contribution in [0.3, 0.4) is 0 Å². The summed E-state index contributed by atoms with van der Waals surface area (Å²) in [5.41, 5.74) is 0.795. The van der Waals surface area contributed by atoms with Crippen LogP contribution in [-0.2, 0) is 10.0 Å². The number of hydrogen-bond donors (Lipinski definition) is 1. The van der Waals surface area contributed by atoms with Crippen LogP contribution in [0.25, 0.3) is 0 Å². The van der Waals surface area contributed by atoms with E-state index in [1.807, 2.05) is 0 Å². The van der Waals surface area contributed by atoms with Gasteiger partial charge in [0.05, 0.1) is 12.0 Å². The molecule has 1 N–H and O–H groups in total. The molecule has 2 aromatic rings. The summed E-state index contributed by atoms with van der Waals surface area (Å²) in [6.07, 6.45) is 0. The van der Waals surface area contributed by atoms with Crippen molar-refractivity contribution in [2.45, 2.75) is 11.8 Å². The predicted octanol–water partition coefficient (Wildman–Crippen LogP) is 2.70. The third-order valence-corrected chi connectivity index (χ3v) is 4.29. The largest absolute Gasteiger partial charge is 0.497 e. The van der Waals surface area contributed by atoms with Gasteiger partial charge in [0, 0.05) is 11.3 Å². The third-order valence-electron chi connectivity index (χ3n) is 2.89. The minimum absolute atomic E-state index is 0.122. The molecule has 110 valence electrons. The van der Waals surface area contributed by atoms with Gasteiger partial charge in [-0.25, -0.2) is 8.42 Å². The Morgan fingerprint density at radius 3 is 2.33 bits per heavy atom. The molecule has 21 heavy (non-hydrogen) atoms. The van der Waals surface area contributed by atoms with Gasteiger partial charge in [-0.1, -0.05) is 12.1 Å². The zero-order valence-corrected chi connectivity index (χ0v) is 12.5. The molecule has 0 unspecified atom stereocenters. The second-order valence-corrected chi connectivity index (χ2v) is 6.10. The van der Waals surface area contributed by atoms with Crippen molar-refractivity contribution >= 4 is 21.5 Å². The smallest absolute Gasteiger partial charge is 0.261 e. The van der Waals surface area contributed by atoms with Gasteiger partial charge < -0.3 is 4.74 Å². The van der Waals surface area contributed by atoms with E-state index in [4.69, 9.17) is 4.74 Å². The average Bonchev–Trinajstić information content (AvgIpc) is 2.47. The van der Waals surface area contributed by atoms with E-state index >= 15 is 0 Å². The zero-order chi connectivity index (χ0) is 15.5. The molecule has 0 aliphatic heterocycles. The quantitative estimate of drug-likeness (QED) is 0.862. The minimum atomic E-state index is -3.70. The molecule has 0 aliphatic carbocycles. The number of carbonyl (C=O) groups excluding carboxylic acids is 1. The van der Waals surface area contributed by atoms with E-state index in [0.717, 1.165) is 0 Å². The first-order chi connectivity index (χ1) is 9.92. The van der Waals surface area contributed by atoms with Gasteiger partial charge in [0.1, 0.15) is 5.75 Å². The maximum absolute atomic E-state index is 12.2. The molecule has 0 aromatic heterocycles. The molecular weight excluding hydrogens is 290 g/mol. The number of hydrogen-bond acceptors (Lipinski definition) is 4. The lowest BCUT2D eigenvalue weighted by Gasteiger charge is -2.09. The molecule has 0 radical (unpaired) electrons. The fraction of sp³-hybridized carbons (Fsp3) is 0.133. The maximum atomic E-state index is 12.2. The van der Waals surface area contributed by atoms with E-state index in [2.05, 4.69) is 4.72 Å². The summed E-state index contributed by atoms with van der Waals surface area (Å²) in [5, 5.41) is 0. The molecule has 0 saturated heterocycles. The first kappa shape index (κ1) is 15.1. The van der Waals surface area contributed by atoms with Crippen LogP contribution >= 0.6 is 0 Å². The molecular formula is C15H15NO4S. The Hall–Kier alpha value is -2.34. The van der Waals surface area contributed by atoms with Gasteiger partial charge in [0.2, 0.25) is 0 Å². The number of rotatable bonds is 5. The summed E-state index contributed by atoms with van der Waals surface area (Å²) in [7, 11) is -2.19. The Morgan fingerprint density at radius 2 is 1.76 bits per heavy atom. The van der Waals surface area contributed by atoms with Crippen molar-refractivity contribution in [3.05, 3.63) is 54.1 Å². The van der Waals surface area contributed by atoms with Crippen LogP contribution in [0.1, 0.15) is 17.3 Å². The number of ether oxygens (including phenoxy) is 1. The van der Waals surface area contributed by atoms with Crippen molar-refractivity contribution in [1.82, 2.24) is 0 Å². The Kier molecular flexibility index (Phi) is 4.28. The molecule has 0 heterocycles. The first-order valence-corrected chi connectivity index (χ1v) is 7.68. The highest BCUT2D eigenvalue weighted by Crippen LogP contribution is 2.19. The number of sulfonamides is 1. The minimum Gasteiger partial charge on any atom is -0.497 e.